The highest BCUT2D eigenvalue weighted by Crippen LogP contribution is 2.20. The first-order valence-corrected chi connectivity index (χ1v) is 8.86. The molecule has 0 bridgehead atoms. The van der Waals surface area contributed by atoms with Crippen LogP contribution in [0.25, 0.3) is 11.3 Å². The van der Waals surface area contributed by atoms with Gasteiger partial charge in [0.1, 0.15) is 0 Å². The molecular formula is C15H15Cl2N3O2S. The first-order valence-electron chi connectivity index (χ1n) is 6.91. The fourth-order valence-corrected chi connectivity index (χ4v) is 3.08. The second-order valence-corrected chi connectivity index (χ2v) is 6.12. The lowest BCUT2D eigenvalue weighted by Gasteiger charge is -2.07. The zero-order chi connectivity index (χ0) is 16.7. The molecule has 1 aromatic heterocycles. The van der Waals surface area contributed by atoms with E-state index >= 15 is 0 Å². The topological polar surface area (TPSA) is 63.5 Å². The van der Waals surface area contributed by atoms with E-state index in [-0.39, 0.29) is 36.4 Å². The maximum Gasteiger partial charge on any atom is 0.241 e. The first kappa shape index (κ1) is 17.7. The molecule has 8 heteroatoms. The van der Waals surface area contributed by atoms with Crippen LogP contribution in [0, 0.1) is 0 Å². The lowest BCUT2D eigenvalue weighted by atomic mass is 10.2. The summed E-state index contributed by atoms with van der Waals surface area (Å²) in [6.07, 6.45) is 0.346. The Bertz CT molecular complexity index is 741. The minimum atomic E-state index is -0.300. The molecule has 122 valence electrons. The normalized spacial score (nSPS) is 11.5. The Kier molecular flexibility index (Phi) is 6.83. The van der Waals surface area contributed by atoms with Crippen LogP contribution in [0.2, 0.25) is 0 Å². The van der Waals surface area contributed by atoms with Crippen LogP contribution in [0.4, 0.5) is 0 Å². The highest BCUT2D eigenvalue weighted by molar-refractivity contribution is 7.07. The van der Waals surface area contributed by atoms with Crippen molar-refractivity contribution in [2.24, 2.45) is 5.10 Å². The molecule has 0 saturated heterocycles. The van der Waals surface area contributed by atoms with Gasteiger partial charge in [-0.05, 0) is 5.56 Å². The van der Waals surface area contributed by atoms with Gasteiger partial charge < -0.3 is 0 Å². The van der Waals surface area contributed by atoms with E-state index in [2.05, 4.69) is 10.5 Å². The van der Waals surface area contributed by atoms with Crippen molar-refractivity contribution in [1.82, 2.24) is 9.99 Å². The average molecular weight is 372 g/mol. The molecule has 23 heavy (non-hydrogen) atoms. The van der Waals surface area contributed by atoms with Crippen molar-refractivity contribution in [2.45, 2.75) is 12.8 Å². The molecule has 2 rings (SSSR count). The third-order valence-corrected chi connectivity index (χ3v) is 4.14. The van der Waals surface area contributed by atoms with Crippen LogP contribution in [-0.4, -0.2) is 28.1 Å². The number of hydrogen-bond donors (Lipinski definition) is 1. The number of aromatic nitrogens is 1. The van der Waals surface area contributed by atoms with Gasteiger partial charge in [-0.15, -0.1) is 39.6 Å². The SMILES string of the molecule is O=C(CCCl)N/N=c1\scc(-c2ccccc2)n1C(=O)CCCl. The smallest absolute Gasteiger partial charge is 0.241 e. The number of carbonyl (C=O) groups is 2. The van der Waals surface area contributed by atoms with E-state index in [1.165, 1.54) is 15.9 Å². The predicted molar refractivity (Wildman–Crippen MR) is 92.8 cm³/mol. The van der Waals surface area contributed by atoms with Crippen molar-refractivity contribution in [3.05, 3.63) is 40.5 Å². The Hall–Kier alpha value is -1.63. The molecule has 1 amide bonds. The van der Waals surface area contributed by atoms with Gasteiger partial charge in [-0.2, -0.15) is 0 Å². The van der Waals surface area contributed by atoms with Crippen molar-refractivity contribution in [1.29, 1.82) is 0 Å². The van der Waals surface area contributed by atoms with Crippen LogP contribution in [0.5, 0.6) is 0 Å². The number of amides is 1. The second kappa shape index (κ2) is 8.86. The number of thiazole rings is 1. The molecule has 0 aliphatic rings. The summed E-state index contributed by atoms with van der Waals surface area (Å²) in [5, 5.41) is 5.86. The maximum atomic E-state index is 12.4. The summed E-state index contributed by atoms with van der Waals surface area (Å²) in [7, 11) is 0. The largest absolute Gasteiger partial charge is 0.274 e. The number of rotatable bonds is 6. The molecule has 1 heterocycles. The first-order chi connectivity index (χ1) is 11.2. The zero-order valence-electron chi connectivity index (χ0n) is 12.2. The summed E-state index contributed by atoms with van der Waals surface area (Å²) < 4.78 is 1.48. The maximum absolute atomic E-state index is 12.4. The van der Waals surface area contributed by atoms with E-state index in [1.807, 2.05) is 35.7 Å². The average Bonchev–Trinajstić information content (AvgIpc) is 2.98. The number of hydrogen-bond acceptors (Lipinski definition) is 4. The van der Waals surface area contributed by atoms with Crippen molar-refractivity contribution in [3.63, 3.8) is 0 Å². The van der Waals surface area contributed by atoms with Crippen molar-refractivity contribution >= 4 is 46.4 Å². The molecule has 1 aromatic carbocycles. The molecule has 0 aliphatic carbocycles. The number of halogens is 2. The molecular weight excluding hydrogens is 357 g/mol. The monoisotopic (exact) mass is 371 g/mol. The van der Waals surface area contributed by atoms with E-state index < -0.39 is 0 Å². The van der Waals surface area contributed by atoms with Gasteiger partial charge in [0.15, 0.2) is 0 Å². The summed E-state index contributed by atoms with van der Waals surface area (Å²) in [5.41, 5.74) is 4.02. The van der Waals surface area contributed by atoms with Crippen LogP contribution in [0.15, 0.2) is 40.8 Å². The fraction of sp³-hybridized carbons (Fsp3) is 0.267. The molecule has 0 radical (unpaired) electrons. The Labute approximate surface area is 147 Å². The third kappa shape index (κ3) is 4.67. The summed E-state index contributed by atoms with van der Waals surface area (Å²) in [6, 6.07) is 9.49. The van der Waals surface area contributed by atoms with Crippen LogP contribution in [0.3, 0.4) is 0 Å². The number of nitrogens with zero attached hydrogens (tertiary/aromatic N) is 2. The Morgan fingerprint density at radius 2 is 1.83 bits per heavy atom. The number of benzene rings is 1. The molecule has 2 aromatic rings. The van der Waals surface area contributed by atoms with Crippen molar-refractivity contribution in [3.8, 4) is 11.3 Å². The minimum Gasteiger partial charge on any atom is -0.274 e. The number of carbonyl (C=O) groups excluding carboxylic acids is 2. The van der Waals surface area contributed by atoms with Crippen LogP contribution >= 0.6 is 34.5 Å². The Balaban J connectivity index is 2.43. The summed E-state index contributed by atoms with van der Waals surface area (Å²) in [5.74, 6) is -0.0448. The molecule has 0 spiro atoms. The van der Waals surface area contributed by atoms with Gasteiger partial charge in [-0.3, -0.25) is 14.2 Å². The van der Waals surface area contributed by atoms with Gasteiger partial charge in [-0.25, -0.2) is 5.43 Å². The fourth-order valence-electron chi connectivity index (χ4n) is 1.88. The second-order valence-electron chi connectivity index (χ2n) is 4.52. The van der Waals surface area contributed by atoms with Gasteiger partial charge in [-0.1, -0.05) is 30.3 Å². The highest BCUT2D eigenvalue weighted by atomic mass is 35.5. The van der Waals surface area contributed by atoms with Gasteiger partial charge in [0.25, 0.3) is 0 Å². The summed E-state index contributed by atoms with van der Waals surface area (Å²) in [6.45, 7) is 0. The van der Waals surface area contributed by atoms with Gasteiger partial charge in [0, 0.05) is 30.0 Å². The molecule has 0 fully saturated rings. The van der Waals surface area contributed by atoms with E-state index in [4.69, 9.17) is 23.2 Å². The lowest BCUT2D eigenvalue weighted by Crippen LogP contribution is -2.28. The molecule has 0 unspecified atom stereocenters. The Morgan fingerprint density at radius 3 is 2.48 bits per heavy atom. The van der Waals surface area contributed by atoms with Gasteiger partial charge in [0.05, 0.1) is 5.69 Å². The minimum absolute atomic E-state index is 0.164. The van der Waals surface area contributed by atoms with E-state index in [9.17, 15) is 9.59 Å². The standard InChI is InChI=1S/C15H15Cl2N3O2S/c16-8-6-13(21)18-19-15-20(14(22)7-9-17)12(10-23-15)11-4-2-1-3-5-11/h1-5,10H,6-9H2,(H,18,21)/b19-15-. The summed E-state index contributed by atoms with van der Waals surface area (Å²) in [4.78, 5) is 24.3. The van der Waals surface area contributed by atoms with Crippen molar-refractivity contribution in [2.75, 3.05) is 11.8 Å². The third-order valence-electron chi connectivity index (χ3n) is 2.93. The molecule has 1 N–H and O–H groups in total. The molecule has 0 atom stereocenters. The van der Waals surface area contributed by atoms with Crippen molar-refractivity contribution < 1.29 is 9.59 Å². The van der Waals surface area contributed by atoms with Gasteiger partial charge >= 0.3 is 0 Å². The molecule has 5 nitrogen and oxygen atoms in total. The van der Waals surface area contributed by atoms with Crippen LogP contribution in [0.1, 0.15) is 17.6 Å². The van der Waals surface area contributed by atoms with E-state index in [0.717, 1.165) is 11.3 Å². The highest BCUT2D eigenvalue weighted by Gasteiger charge is 2.14. The number of nitrogens with one attached hydrogen (secondary N) is 1. The van der Waals surface area contributed by atoms with E-state index in [0.29, 0.717) is 4.80 Å². The lowest BCUT2D eigenvalue weighted by molar-refractivity contribution is -0.120. The molecule has 0 saturated carbocycles. The van der Waals surface area contributed by atoms with Crippen LogP contribution < -0.4 is 10.2 Å². The van der Waals surface area contributed by atoms with Gasteiger partial charge in [0.2, 0.25) is 16.6 Å². The predicted octanol–water partition coefficient (Wildman–Crippen LogP) is 3.05. The van der Waals surface area contributed by atoms with Crippen LogP contribution in [-0.2, 0) is 4.79 Å². The molecule has 0 aliphatic heterocycles. The summed E-state index contributed by atoms with van der Waals surface area (Å²) >= 11 is 12.5. The zero-order valence-corrected chi connectivity index (χ0v) is 14.5. The number of alkyl halides is 2. The Morgan fingerprint density at radius 1 is 1.13 bits per heavy atom. The van der Waals surface area contributed by atoms with E-state index in [1.54, 1.807) is 0 Å². The quantitative estimate of drug-likeness (QED) is 0.626.